The Labute approximate surface area is 129 Å². The van der Waals surface area contributed by atoms with E-state index < -0.39 is 0 Å². The van der Waals surface area contributed by atoms with Gasteiger partial charge in [-0.15, -0.1) is 0 Å². The maximum atomic E-state index is 11.8. The molecule has 0 bridgehead atoms. The van der Waals surface area contributed by atoms with E-state index in [9.17, 15) is 4.79 Å². The summed E-state index contributed by atoms with van der Waals surface area (Å²) >= 11 is 1.48. The number of carbonyl (C=O) groups excluding carboxylic acids is 1. The van der Waals surface area contributed by atoms with Gasteiger partial charge >= 0.3 is 0 Å². The molecule has 1 amide bonds. The van der Waals surface area contributed by atoms with Gasteiger partial charge in [0.2, 0.25) is 5.91 Å². The molecule has 1 fully saturated rings. The van der Waals surface area contributed by atoms with E-state index in [2.05, 4.69) is 42.3 Å². The number of nitrogens with zero attached hydrogens (tertiary/aromatic N) is 2. The number of thioether (sulfide) groups is 1. The highest BCUT2D eigenvalue weighted by Gasteiger charge is 2.23. The summed E-state index contributed by atoms with van der Waals surface area (Å²) in [5.74, 6) is 0.510. The highest BCUT2D eigenvalue weighted by atomic mass is 32.2. The Morgan fingerprint density at radius 3 is 2.71 bits per heavy atom. The van der Waals surface area contributed by atoms with Gasteiger partial charge in [-0.05, 0) is 49.9 Å². The third-order valence-corrected chi connectivity index (χ3v) is 4.33. The average molecular weight is 301 g/mol. The molecule has 0 atom stereocenters. The standard InChI is InChI=1S/C16H19N3OS/c1-11-7-12(2)9-14(8-11)19-6-5-17-16(19)21-10-15(20)18-13-3-4-13/h5-9,13H,3-4,10H2,1-2H3,(H,18,20). The number of rotatable bonds is 5. The lowest BCUT2D eigenvalue weighted by Gasteiger charge is -2.09. The van der Waals surface area contributed by atoms with E-state index >= 15 is 0 Å². The highest BCUT2D eigenvalue weighted by molar-refractivity contribution is 7.99. The summed E-state index contributed by atoms with van der Waals surface area (Å²) in [5, 5.41) is 3.85. The molecule has 0 spiro atoms. The second kappa shape index (κ2) is 5.93. The lowest BCUT2D eigenvalue weighted by atomic mass is 10.1. The van der Waals surface area contributed by atoms with Crippen molar-refractivity contribution in [3.8, 4) is 5.69 Å². The van der Waals surface area contributed by atoms with E-state index in [-0.39, 0.29) is 5.91 Å². The smallest absolute Gasteiger partial charge is 0.230 e. The predicted octanol–water partition coefficient (Wildman–Crippen LogP) is 2.86. The number of hydrogen-bond donors (Lipinski definition) is 1. The summed E-state index contributed by atoms with van der Waals surface area (Å²) in [6.45, 7) is 4.17. The molecule has 3 rings (SSSR count). The molecule has 4 nitrogen and oxygen atoms in total. The zero-order chi connectivity index (χ0) is 14.8. The SMILES string of the molecule is Cc1cc(C)cc(-n2ccnc2SCC(=O)NC2CC2)c1. The Morgan fingerprint density at radius 2 is 2.05 bits per heavy atom. The summed E-state index contributed by atoms with van der Waals surface area (Å²) in [4.78, 5) is 16.1. The molecule has 0 aliphatic heterocycles. The molecule has 1 aromatic heterocycles. The van der Waals surface area contributed by atoms with E-state index in [1.807, 2.05) is 10.8 Å². The van der Waals surface area contributed by atoms with Gasteiger partial charge in [0.05, 0.1) is 5.75 Å². The molecule has 1 aliphatic rings. The molecule has 1 heterocycles. The number of aryl methyl sites for hydroxylation is 2. The minimum absolute atomic E-state index is 0.0949. The van der Waals surface area contributed by atoms with Gasteiger partial charge in [-0.2, -0.15) is 0 Å². The zero-order valence-corrected chi connectivity index (χ0v) is 13.1. The van der Waals surface area contributed by atoms with Crippen molar-refractivity contribution in [2.45, 2.75) is 37.9 Å². The number of nitrogens with one attached hydrogen (secondary N) is 1. The van der Waals surface area contributed by atoms with Crippen LogP contribution in [-0.2, 0) is 4.79 Å². The Hall–Kier alpha value is -1.75. The van der Waals surface area contributed by atoms with Gasteiger partial charge in [-0.1, -0.05) is 17.8 Å². The van der Waals surface area contributed by atoms with Crippen LogP contribution in [0.3, 0.4) is 0 Å². The molecule has 1 aliphatic carbocycles. The molecule has 1 saturated carbocycles. The van der Waals surface area contributed by atoms with Gasteiger partial charge < -0.3 is 5.32 Å². The fourth-order valence-corrected chi connectivity index (χ4v) is 3.09. The van der Waals surface area contributed by atoms with Crippen LogP contribution in [0.15, 0.2) is 35.7 Å². The van der Waals surface area contributed by atoms with Crippen molar-refractivity contribution >= 4 is 17.7 Å². The summed E-state index contributed by atoms with van der Waals surface area (Å²) in [7, 11) is 0. The van der Waals surface area contributed by atoms with Crippen molar-refractivity contribution in [2.75, 3.05) is 5.75 Å². The van der Waals surface area contributed by atoms with Crippen LogP contribution in [0, 0.1) is 13.8 Å². The number of benzene rings is 1. The van der Waals surface area contributed by atoms with Crippen molar-refractivity contribution in [1.82, 2.24) is 14.9 Å². The van der Waals surface area contributed by atoms with E-state index in [4.69, 9.17) is 0 Å². The van der Waals surface area contributed by atoms with Crippen LogP contribution in [0.4, 0.5) is 0 Å². The Kier molecular flexibility index (Phi) is 4.01. The minimum atomic E-state index is 0.0949. The molecule has 1 N–H and O–H groups in total. The largest absolute Gasteiger partial charge is 0.353 e. The number of aromatic nitrogens is 2. The topological polar surface area (TPSA) is 46.9 Å². The monoisotopic (exact) mass is 301 g/mol. The third-order valence-electron chi connectivity index (χ3n) is 3.37. The Morgan fingerprint density at radius 1 is 1.33 bits per heavy atom. The zero-order valence-electron chi connectivity index (χ0n) is 12.3. The minimum Gasteiger partial charge on any atom is -0.353 e. The third kappa shape index (κ3) is 3.67. The predicted molar refractivity (Wildman–Crippen MR) is 84.9 cm³/mol. The van der Waals surface area contributed by atoms with Crippen molar-refractivity contribution in [3.05, 3.63) is 41.7 Å². The average Bonchev–Trinajstić information content (AvgIpc) is 3.10. The van der Waals surface area contributed by atoms with Gasteiger partial charge in [0.1, 0.15) is 0 Å². The first kappa shape index (κ1) is 14.2. The van der Waals surface area contributed by atoms with Crippen molar-refractivity contribution < 1.29 is 4.79 Å². The second-order valence-corrected chi connectivity index (χ2v) is 6.50. The van der Waals surface area contributed by atoms with Crippen LogP contribution in [-0.4, -0.2) is 27.3 Å². The molecule has 1 aromatic carbocycles. The van der Waals surface area contributed by atoms with Gasteiger partial charge in [-0.25, -0.2) is 4.98 Å². The van der Waals surface area contributed by atoms with Crippen molar-refractivity contribution in [2.24, 2.45) is 0 Å². The lowest BCUT2D eigenvalue weighted by Crippen LogP contribution is -2.27. The van der Waals surface area contributed by atoms with E-state index in [0.29, 0.717) is 11.8 Å². The van der Waals surface area contributed by atoms with Gasteiger partial charge in [0, 0.05) is 24.1 Å². The summed E-state index contributed by atoms with van der Waals surface area (Å²) in [6, 6.07) is 6.82. The van der Waals surface area contributed by atoms with E-state index in [0.717, 1.165) is 23.7 Å². The molecular formula is C16H19N3OS. The van der Waals surface area contributed by atoms with Crippen molar-refractivity contribution in [1.29, 1.82) is 0 Å². The quantitative estimate of drug-likeness (QED) is 0.864. The highest BCUT2D eigenvalue weighted by Crippen LogP contribution is 2.23. The first-order valence-electron chi connectivity index (χ1n) is 7.16. The van der Waals surface area contributed by atoms with Crippen molar-refractivity contribution in [3.63, 3.8) is 0 Å². The Bertz CT molecular complexity index is 641. The first-order chi connectivity index (χ1) is 10.1. The number of hydrogen-bond acceptors (Lipinski definition) is 3. The maximum Gasteiger partial charge on any atom is 0.230 e. The lowest BCUT2D eigenvalue weighted by molar-refractivity contribution is -0.118. The van der Waals surface area contributed by atoms with E-state index in [1.165, 1.54) is 22.9 Å². The summed E-state index contributed by atoms with van der Waals surface area (Å²) in [5.41, 5.74) is 3.54. The van der Waals surface area contributed by atoms with Crippen LogP contribution in [0.25, 0.3) is 5.69 Å². The van der Waals surface area contributed by atoms with Crippen LogP contribution in [0.2, 0.25) is 0 Å². The van der Waals surface area contributed by atoms with Crippen LogP contribution in [0.5, 0.6) is 0 Å². The summed E-state index contributed by atoms with van der Waals surface area (Å²) in [6.07, 6.45) is 5.95. The first-order valence-corrected chi connectivity index (χ1v) is 8.14. The molecular weight excluding hydrogens is 282 g/mol. The number of amides is 1. The maximum absolute atomic E-state index is 11.8. The molecule has 0 unspecified atom stereocenters. The van der Waals surface area contributed by atoms with E-state index in [1.54, 1.807) is 6.20 Å². The van der Waals surface area contributed by atoms with Gasteiger partial charge in [-0.3, -0.25) is 9.36 Å². The second-order valence-electron chi connectivity index (χ2n) is 5.56. The molecule has 0 radical (unpaired) electrons. The van der Waals surface area contributed by atoms with Gasteiger partial charge in [0.15, 0.2) is 5.16 Å². The fraction of sp³-hybridized carbons (Fsp3) is 0.375. The number of imidazole rings is 1. The molecule has 21 heavy (non-hydrogen) atoms. The number of carbonyl (C=O) groups is 1. The van der Waals surface area contributed by atoms with Crippen LogP contribution >= 0.6 is 11.8 Å². The van der Waals surface area contributed by atoms with Gasteiger partial charge in [0.25, 0.3) is 0 Å². The molecule has 2 aromatic rings. The van der Waals surface area contributed by atoms with Crippen LogP contribution < -0.4 is 5.32 Å². The summed E-state index contributed by atoms with van der Waals surface area (Å²) < 4.78 is 2.04. The Balaban J connectivity index is 1.72. The van der Waals surface area contributed by atoms with Crippen LogP contribution in [0.1, 0.15) is 24.0 Å². The molecule has 110 valence electrons. The molecule has 0 saturated heterocycles. The normalized spacial score (nSPS) is 14.2. The fourth-order valence-electron chi connectivity index (χ4n) is 2.31. The molecule has 5 heteroatoms.